The summed E-state index contributed by atoms with van der Waals surface area (Å²) in [4.78, 5) is 13.2. The van der Waals surface area contributed by atoms with Crippen LogP contribution in [0.1, 0.15) is 11.1 Å². The molecule has 0 spiro atoms. The summed E-state index contributed by atoms with van der Waals surface area (Å²) in [5, 5.41) is 18.0. The number of carbonyl (C=O) groups is 1. The van der Waals surface area contributed by atoms with E-state index in [-0.39, 0.29) is 5.91 Å². The molecule has 0 unspecified atom stereocenters. The molecule has 2 N–H and O–H groups in total. The first-order valence-electron chi connectivity index (χ1n) is 6.13. The highest BCUT2D eigenvalue weighted by Gasteiger charge is 2.25. The lowest BCUT2D eigenvalue weighted by molar-refractivity contribution is -0.112. The Morgan fingerprint density at radius 3 is 2.70 bits per heavy atom. The highest BCUT2D eigenvalue weighted by atomic mass is 16.2. The highest BCUT2D eigenvalue weighted by molar-refractivity contribution is 6.13. The Morgan fingerprint density at radius 2 is 2.05 bits per heavy atom. The van der Waals surface area contributed by atoms with Gasteiger partial charge in [0.25, 0.3) is 5.91 Å². The van der Waals surface area contributed by atoms with Crippen LogP contribution < -0.4 is 10.6 Å². The monoisotopic (exact) mass is 270 g/mol. The van der Waals surface area contributed by atoms with E-state index in [9.17, 15) is 4.79 Å². The number of tetrazole rings is 1. The highest BCUT2D eigenvalue weighted by Crippen LogP contribution is 2.39. The molecule has 3 rings (SSSR count). The second-order valence-electron chi connectivity index (χ2n) is 4.78. The first kappa shape index (κ1) is 12.3. The summed E-state index contributed by atoms with van der Waals surface area (Å²) >= 11 is 0. The molecule has 1 amide bonds. The normalized spacial score (nSPS) is 13.8. The molecule has 2 aromatic rings. The summed E-state index contributed by atoms with van der Waals surface area (Å²) in [5.74, 6) is 0.227. The van der Waals surface area contributed by atoms with Crippen molar-refractivity contribution in [2.24, 2.45) is 7.05 Å². The fourth-order valence-corrected chi connectivity index (χ4v) is 2.22. The number of hydrogen-bond donors (Lipinski definition) is 2. The van der Waals surface area contributed by atoms with E-state index in [0.717, 1.165) is 22.4 Å². The Morgan fingerprint density at radius 1 is 1.30 bits per heavy atom. The van der Waals surface area contributed by atoms with E-state index in [1.165, 1.54) is 4.80 Å². The second kappa shape index (κ2) is 4.16. The van der Waals surface area contributed by atoms with Crippen molar-refractivity contribution in [1.82, 2.24) is 20.2 Å². The van der Waals surface area contributed by atoms with Crippen molar-refractivity contribution in [2.45, 2.75) is 13.8 Å². The van der Waals surface area contributed by atoms with Crippen LogP contribution in [0.3, 0.4) is 0 Å². The fraction of sp³-hybridized carbons (Fsp3) is 0.231. The van der Waals surface area contributed by atoms with Gasteiger partial charge in [0.05, 0.1) is 29.7 Å². The molecule has 0 aliphatic carbocycles. The third-order valence-corrected chi connectivity index (χ3v) is 3.38. The van der Waals surface area contributed by atoms with Gasteiger partial charge in [-0.15, -0.1) is 10.2 Å². The zero-order valence-electron chi connectivity index (χ0n) is 11.5. The number of amides is 1. The fourth-order valence-electron chi connectivity index (χ4n) is 2.22. The molecule has 1 aliphatic heterocycles. The Labute approximate surface area is 115 Å². The first-order valence-corrected chi connectivity index (χ1v) is 6.13. The molecular weight excluding hydrogens is 256 g/mol. The summed E-state index contributed by atoms with van der Waals surface area (Å²) in [5.41, 5.74) is 4.63. The molecule has 2 heterocycles. The molecule has 0 atom stereocenters. The number of aryl methyl sites for hydroxylation is 2. The molecule has 1 aliphatic rings. The molecule has 1 aromatic carbocycles. The minimum absolute atomic E-state index is 0.258. The van der Waals surface area contributed by atoms with Crippen molar-refractivity contribution in [3.63, 3.8) is 0 Å². The average Bonchev–Trinajstić information content (AvgIpc) is 2.80. The summed E-state index contributed by atoms with van der Waals surface area (Å²) in [6.45, 7) is 7.65. The van der Waals surface area contributed by atoms with Crippen LogP contribution >= 0.6 is 0 Å². The third-order valence-electron chi connectivity index (χ3n) is 3.38. The van der Waals surface area contributed by atoms with Crippen LogP contribution in [-0.2, 0) is 11.8 Å². The van der Waals surface area contributed by atoms with Crippen molar-refractivity contribution >= 4 is 17.3 Å². The lowest BCUT2D eigenvalue weighted by Crippen LogP contribution is -2.25. The van der Waals surface area contributed by atoms with Gasteiger partial charge in [0.15, 0.2) is 0 Å². The molecule has 0 bridgehead atoms. The summed E-state index contributed by atoms with van der Waals surface area (Å²) < 4.78 is 0. The number of fused-ring (bicyclic) bond motifs is 1. The van der Waals surface area contributed by atoms with Crippen LogP contribution in [0.25, 0.3) is 11.4 Å². The summed E-state index contributed by atoms with van der Waals surface area (Å²) in [7, 11) is 1.70. The zero-order chi connectivity index (χ0) is 14.4. The quantitative estimate of drug-likeness (QED) is 0.764. The van der Waals surface area contributed by atoms with Crippen molar-refractivity contribution in [3.05, 3.63) is 29.5 Å². The van der Waals surface area contributed by atoms with Gasteiger partial charge >= 0.3 is 0 Å². The molecule has 7 heteroatoms. The van der Waals surface area contributed by atoms with Crippen LogP contribution in [0.4, 0.5) is 11.4 Å². The Hall–Kier alpha value is -2.70. The van der Waals surface area contributed by atoms with E-state index in [4.69, 9.17) is 0 Å². The van der Waals surface area contributed by atoms with E-state index >= 15 is 0 Å². The molecular formula is C13H14N6O. The lowest BCUT2D eigenvalue weighted by atomic mass is 9.97. The molecule has 20 heavy (non-hydrogen) atoms. The smallest absolute Gasteiger partial charge is 0.271 e. The maximum atomic E-state index is 11.8. The van der Waals surface area contributed by atoms with Gasteiger partial charge in [-0.1, -0.05) is 6.58 Å². The maximum absolute atomic E-state index is 11.8. The SMILES string of the molecule is C=C1Nc2cc(C)c(C)c(-c3nnn(C)n3)c2NC1=O. The van der Waals surface area contributed by atoms with Crippen LogP contribution in [0.5, 0.6) is 0 Å². The van der Waals surface area contributed by atoms with Gasteiger partial charge in [-0.2, -0.15) is 4.80 Å². The van der Waals surface area contributed by atoms with Crippen molar-refractivity contribution in [3.8, 4) is 11.4 Å². The lowest BCUT2D eigenvalue weighted by Gasteiger charge is -2.24. The molecule has 0 saturated carbocycles. The van der Waals surface area contributed by atoms with Gasteiger partial charge < -0.3 is 10.6 Å². The van der Waals surface area contributed by atoms with E-state index in [2.05, 4.69) is 32.6 Å². The van der Waals surface area contributed by atoms with Gasteiger partial charge in [0.1, 0.15) is 0 Å². The standard InChI is InChI=1S/C13H14N6O/c1-6-5-9-11(15-13(20)8(3)14-9)10(7(6)2)12-16-18-19(4)17-12/h5,14H,3H2,1-2,4H3,(H,15,20). The van der Waals surface area contributed by atoms with Crippen LogP contribution in [-0.4, -0.2) is 26.1 Å². The van der Waals surface area contributed by atoms with Gasteiger partial charge in [-0.25, -0.2) is 0 Å². The van der Waals surface area contributed by atoms with Gasteiger partial charge in [0, 0.05) is 0 Å². The minimum Gasteiger partial charge on any atom is -0.350 e. The number of nitrogens with zero attached hydrogens (tertiary/aromatic N) is 4. The Bertz CT molecular complexity index is 746. The van der Waals surface area contributed by atoms with E-state index in [1.807, 2.05) is 19.9 Å². The third kappa shape index (κ3) is 1.75. The van der Waals surface area contributed by atoms with Crippen LogP contribution in [0, 0.1) is 13.8 Å². The van der Waals surface area contributed by atoms with Crippen molar-refractivity contribution < 1.29 is 4.79 Å². The predicted octanol–water partition coefficient (Wildman–Crippen LogP) is 1.37. The van der Waals surface area contributed by atoms with E-state index in [0.29, 0.717) is 17.2 Å². The Kier molecular flexibility index (Phi) is 2.56. The number of aromatic nitrogens is 4. The zero-order valence-corrected chi connectivity index (χ0v) is 11.5. The first-order chi connectivity index (χ1) is 9.47. The van der Waals surface area contributed by atoms with Crippen molar-refractivity contribution in [2.75, 3.05) is 10.6 Å². The minimum atomic E-state index is -0.258. The molecule has 102 valence electrons. The van der Waals surface area contributed by atoms with Gasteiger partial charge in [-0.05, 0) is 36.3 Å². The number of hydrogen-bond acceptors (Lipinski definition) is 5. The molecule has 0 fully saturated rings. The largest absolute Gasteiger partial charge is 0.350 e. The number of nitrogens with one attached hydrogen (secondary N) is 2. The van der Waals surface area contributed by atoms with Gasteiger partial charge in [0.2, 0.25) is 5.82 Å². The van der Waals surface area contributed by atoms with Crippen LogP contribution in [0.15, 0.2) is 18.3 Å². The number of anilines is 2. The van der Waals surface area contributed by atoms with Gasteiger partial charge in [-0.3, -0.25) is 4.79 Å². The maximum Gasteiger partial charge on any atom is 0.271 e. The molecule has 7 nitrogen and oxygen atoms in total. The predicted molar refractivity (Wildman–Crippen MR) is 75.1 cm³/mol. The van der Waals surface area contributed by atoms with E-state index < -0.39 is 0 Å². The molecule has 0 saturated heterocycles. The molecule has 1 aromatic heterocycles. The van der Waals surface area contributed by atoms with Crippen molar-refractivity contribution in [1.29, 1.82) is 0 Å². The summed E-state index contributed by atoms with van der Waals surface area (Å²) in [6, 6.07) is 1.97. The topological polar surface area (TPSA) is 84.7 Å². The number of rotatable bonds is 1. The van der Waals surface area contributed by atoms with E-state index in [1.54, 1.807) is 7.05 Å². The molecule has 0 radical (unpaired) electrons. The van der Waals surface area contributed by atoms with Crippen LogP contribution in [0.2, 0.25) is 0 Å². The number of benzene rings is 1. The average molecular weight is 270 g/mol. The number of carbonyl (C=O) groups excluding carboxylic acids is 1. The summed E-state index contributed by atoms with van der Waals surface area (Å²) in [6.07, 6.45) is 0. The second-order valence-corrected chi connectivity index (χ2v) is 4.78. The Balaban J connectivity index is 2.28.